The van der Waals surface area contributed by atoms with Gasteiger partial charge in [-0.25, -0.2) is 4.39 Å². The molecule has 2 aliphatic rings. The number of aliphatic hydroxyl groups is 1. The summed E-state index contributed by atoms with van der Waals surface area (Å²) in [4.78, 5) is 15.8. The van der Waals surface area contributed by atoms with E-state index in [4.69, 9.17) is 0 Å². The van der Waals surface area contributed by atoms with E-state index in [-0.39, 0.29) is 23.9 Å². The third kappa shape index (κ3) is 3.00. The maximum absolute atomic E-state index is 14.0. The van der Waals surface area contributed by atoms with E-state index < -0.39 is 0 Å². The topological polar surface area (TPSA) is 43.8 Å². The average molecular weight is 320 g/mol. The Labute approximate surface area is 136 Å². The van der Waals surface area contributed by atoms with Crippen LogP contribution in [0.4, 0.5) is 4.39 Å². The predicted octanol–water partition coefficient (Wildman–Crippen LogP) is 2.02. The van der Waals surface area contributed by atoms with Crippen LogP contribution in [-0.4, -0.2) is 52.1 Å². The van der Waals surface area contributed by atoms with Gasteiger partial charge in [0.15, 0.2) is 0 Å². The predicted molar refractivity (Wildman–Crippen MR) is 86.2 cm³/mol. The average Bonchev–Trinajstić information content (AvgIpc) is 2.81. The van der Waals surface area contributed by atoms with Crippen molar-refractivity contribution in [1.82, 2.24) is 9.80 Å². The van der Waals surface area contributed by atoms with E-state index in [0.29, 0.717) is 24.1 Å². The molecule has 0 saturated carbocycles. The van der Waals surface area contributed by atoms with E-state index in [1.807, 2.05) is 24.0 Å². The molecule has 0 spiro atoms. The molecule has 2 heterocycles. The van der Waals surface area contributed by atoms with Crippen LogP contribution in [0.5, 0.6) is 0 Å². The highest BCUT2D eigenvalue weighted by Crippen LogP contribution is 2.42. The Morgan fingerprint density at radius 1 is 1.43 bits per heavy atom. The third-order valence-electron chi connectivity index (χ3n) is 5.57. The maximum atomic E-state index is 14.0. The number of likely N-dealkylation sites (tertiary alicyclic amines) is 2. The van der Waals surface area contributed by atoms with Gasteiger partial charge < -0.3 is 10.0 Å². The van der Waals surface area contributed by atoms with E-state index >= 15 is 0 Å². The molecule has 2 saturated heterocycles. The number of aliphatic hydroxyl groups excluding tert-OH is 1. The summed E-state index contributed by atoms with van der Waals surface area (Å²) in [5.41, 5.74) is 0.312. The van der Waals surface area contributed by atoms with Gasteiger partial charge in [-0.3, -0.25) is 9.69 Å². The zero-order valence-electron chi connectivity index (χ0n) is 13.8. The number of benzene rings is 1. The van der Waals surface area contributed by atoms with Crippen molar-refractivity contribution in [2.24, 2.45) is 5.92 Å². The lowest BCUT2D eigenvalue weighted by atomic mass is 9.89. The Morgan fingerprint density at radius 3 is 2.83 bits per heavy atom. The van der Waals surface area contributed by atoms with E-state index in [9.17, 15) is 14.3 Å². The first-order chi connectivity index (χ1) is 10.9. The molecule has 1 amide bonds. The van der Waals surface area contributed by atoms with E-state index in [2.05, 4.69) is 4.90 Å². The SMILES string of the molecule is CC(=O)N1CC[C@H]2[C@H](C1)C[C@](C)(CO)N2Cc1ccccc1F. The van der Waals surface area contributed by atoms with Gasteiger partial charge in [0.05, 0.1) is 6.61 Å². The second-order valence-electron chi connectivity index (χ2n) is 7.16. The van der Waals surface area contributed by atoms with Crippen LogP contribution in [0.3, 0.4) is 0 Å². The largest absolute Gasteiger partial charge is 0.394 e. The van der Waals surface area contributed by atoms with Gasteiger partial charge in [-0.05, 0) is 31.7 Å². The number of rotatable bonds is 3. The van der Waals surface area contributed by atoms with Gasteiger partial charge >= 0.3 is 0 Å². The zero-order chi connectivity index (χ0) is 16.6. The van der Waals surface area contributed by atoms with Gasteiger partial charge in [0.25, 0.3) is 0 Å². The summed E-state index contributed by atoms with van der Waals surface area (Å²) in [7, 11) is 0. The zero-order valence-corrected chi connectivity index (χ0v) is 13.8. The summed E-state index contributed by atoms with van der Waals surface area (Å²) in [6, 6.07) is 7.13. The molecular formula is C18H25FN2O2. The molecule has 0 aromatic heterocycles. The number of hydrogen-bond acceptors (Lipinski definition) is 3. The van der Waals surface area contributed by atoms with Crippen LogP contribution in [0.15, 0.2) is 24.3 Å². The second-order valence-corrected chi connectivity index (χ2v) is 7.16. The van der Waals surface area contributed by atoms with E-state index in [0.717, 1.165) is 25.9 Å². The summed E-state index contributed by atoms with van der Waals surface area (Å²) >= 11 is 0. The summed E-state index contributed by atoms with van der Waals surface area (Å²) in [6.45, 7) is 5.69. The van der Waals surface area contributed by atoms with Gasteiger partial charge in [-0.2, -0.15) is 0 Å². The highest BCUT2D eigenvalue weighted by atomic mass is 19.1. The first kappa shape index (κ1) is 16.4. The molecule has 0 unspecified atom stereocenters. The molecule has 2 fully saturated rings. The van der Waals surface area contributed by atoms with Crippen molar-refractivity contribution in [1.29, 1.82) is 0 Å². The summed E-state index contributed by atoms with van der Waals surface area (Å²) in [5, 5.41) is 9.95. The standard InChI is InChI=1S/C18H25FN2O2/c1-13(23)20-8-7-17-15(10-20)9-18(2,12-22)21(17)11-14-5-3-4-6-16(14)19/h3-6,15,17,22H,7-12H2,1-2H3/t15-,17-,18+/m0/s1. The highest BCUT2D eigenvalue weighted by Gasteiger charge is 2.50. The third-order valence-corrected chi connectivity index (χ3v) is 5.57. The van der Waals surface area contributed by atoms with Crippen molar-refractivity contribution in [3.63, 3.8) is 0 Å². The minimum atomic E-state index is -0.357. The lowest BCUT2D eigenvalue weighted by Crippen LogP contribution is -2.51. The Morgan fingerprint density at radius 2 is 2.17 bits per heavy atom. The lowest BCUT2D eigenvalue weighted by molar-refractivity contribution is -0.131. The number of halogens is 1. The molecule has 1 N–H and O–H groups in total. The van der Waals surface area contributed by atoms with Crippen LogP contribution < -0.4 is 0 Å². The molecule has 3 rings (SSSR count). The van der Waals surface area contributed by atoms with Gasteiger partial charge in [0.1, 0.15) is 5.82 Å². The second kappa shape index (κ2) is 6.21. The molecule has 0 aliphatic carbocycles. The molecule has 0 radical (unpaired) electrons. The molecule has 23 heavy (non-hydrogen) atoms. The van der Waals surface area contributed by atoms with E-state index in [1.54, 1.807) is 13.0 Å². The molecule has 1 aromatic carbocycles. The molecule has 1 aromatic rings. The normalized spacial score (nSPS) is 31.2. The monoisotopic (exact) mass is 320 g/mol. The number of hydrogen-bond donors (Lipinski definition) is 1. The van der Waals surface area contributed by atoms with Crippen molar-refractivity contribution in [3.05, 3.63) is 35.6 Å². The van der Waals surface area contributed by atoms with Crippen LogP contribution in [0.25, 0.3) is 0 Å². The number of carbonyl (C=O) groups excluding carboxylic acids is 1. The van der Waals surface area contributed by atoms with Crippen LogP contribution in [0.1, 0.15) is 32.3 Å². The number of amides is 1. The van der Waals surface area contributed by atoms with Crippen molar-refractivity contribution in [3.8, 4) is 0 Å². The molecule has 3 atom stereocenters. The Hall–Kier alpha value is -1.46. The minimum absolute atomic E-state index is 0.0501. The summed E-state index contributed by atoms with van der Waals surface area (Å²) in [6.07, 6.45) is 1.72. The summed E-state index contributed by atoms with van der Waals surface area (Å²) in [5.74, 6) is 0.260. The fourth-order valence-corrected chi connectivity index (χ4v) is 4.27. The maximum Gasteiger partial charge on any atom is 0.219 e. The molecule has 2 aliphatic heterocycles. The molecule has 4 nitrogen and oxygen atoms in total. The highest BCUT2D eigenvalue weighted by molar-refractivity contribution is 5.73. The minimum Gasteiger partial charge on any atom is -0.394 e. The van der Waals surface area contributed by atoms with Crippen LogP contribution >= 0.6 is 0 Å². The fraction of sp³-hybridized carbons (Fsp3) is 0.611. The Kier molecular flexibility index (Phi) is 4.43. The molecule has 126 valence electrons. The molecular weight excluding hydrogens is 295 g/mol. The van der Waals surface area contributed by atoms with Crippen LogP contribution in [-0.2, 0) is 11.3 Å². The van der Waals surface area contributed by atoms with Crippen LogP contribution in [0, 0.1) is 11.7 Å². The number of piperidine rings is 1. The van der Waals surface area contributed by atoms with Crippen molar-refractivity contribution < 1.29 is 14.3 Å². The Bertz CT molecular complexity index is 594. The van der Waals surface area contributed by atoms with Gasteiger partial charge in [-0.15, -0.1) is 0 Å². The van der Waals surface area contributed by atoms with Crippen LogP contribution in [0.2, 0.25) is 0 Å². The number of nitrogens with zero attached hydrogens (tertiary/aromatic N) is 2. The van der Waals surface area contributed by atoms with Gasteiger partial charge in [0, 0.05) is 43.7 Å². The number of fused-ring (bicyclic) bond motifs is 1. The first-order valence-electron chi connectivity index (χ1n) is 8.31. The van der Waals surface area contributed by atoms with Crippen molar-refractivity contribution in [2.75, 3.05) is 19.7 Å². The Balaban J connectivity index is 1.83. The van der Waals surface area contributed by atoms with Gasteiger partial charge in [0.2, 0.25) is 5.91 Å². The smallest absolute Gasteiger partial charge is 0.219 e. The van der Waals surface area contributed by atoms with Crippen molar-refractivity contribution in [2.45, 2.75) is 44.8 Å². The molecule has 5 heteroatoms. The quantitative estimate of drug-likeness (QED) is 0.927. The molecule has 0 bridgehead atoms. The fourth-order valence-electron chi connectivity index (χ4n) is 4.27. The first-order valence-corrected chi connectivity index (χ1v) is 8.31. The van der Waals surface area contributed by atoms with Crippen molar-refractivity contribution >= 4 is 5.91 Å². The summed E-state index contributed by atoms with van der Waals surface area (Å²) < 4.78 is 14.0. The lowest BCUT2D eigenvalue weighted by Gasteiger charge is -2.40. The van der Waals surface area contributed by atoms with E-state index in [1.165, 1.54) is 6.07 Å². The number of carbonyl (C=O) groups is 1. The van der Waals surface area contributed by atoms with Gasteiger partial charge in [-0.1, -0.05) is 18.2 Å².